The summed E-state index contributed by atoms with van der Waals surface area (Å²) in [5, 5.41) is 19.6. The van der Waals surface area contributed by atoms with Crippen molar-refractivity contribution >= 4 is 23.4 Å². The number of nitro groups is 1. The van der Waals surface area contributed by atoms with Gasteiger partial charge >= 0.3 is 5.97 Å². The molecule has 7 heteroatoms. The van der Waals surface area contributed by atoms with Crippen LogP contribution in [0.25, 0.3) is 0 Å². The van der Waals surface area contributed by atoms with Gasteiger partial charge in [-0.05, 0) is 30.4 Å². The van der Waals surface area contributed by atoms with Crippen LogP contribution >= 0.6 is 11.8 Å². The number of thioether (sulfide) groups is 1. The number of carboxylic acids is 1. The molecule has 0 radical (unpaired) electrons. The highest BCUT2D eigenvalue weighted by atomic mass is 32.2. The van der Waals surface area contributed by atoms with Gasteiger partial charge in [0, 0.05) is 11.8 Å². The molecule has 5 nitrogen and oxygen atoms in total. The lowest BCUT2D eigenvalue weighted by Crippen LogP contribution is -2.11. The molecule has 102 valence electrons. The van der Waals surface area contributed by atoms with Crippen LogP contribution in [0, 0.1) is 21.3 Å². The van der Waals surface area contributed by atoms with Crippen LogP contribution < -0.4 is 0 Å². The summed E-state index contributed by atoms with van der Waals surface area (Å²) < 4.78 is 13.1. The van der Waals surface area contributed by atoms with Crippen molar-refractivity contribution in [1.29, 1.82) is 0 Å². The second kappa shape index (κ2) is 5.16. The molecular weight excluding hydrogens is 273 g/mol. The number of nitro benzene ring substituents is 1. The summed E-state index contributed by atoms with van der Waals surface area (Å²) in [6.07, 6.45) is 1.66. The van der Waals surface area contributed by atoms with Gasteiger partial charge in [0.05, 0.1) is 16.2 Å². The number of benzene rings is 1. The molecule has 0 unspecified atom stereocenters. The predicted octanol–water partition coefficient (Wildman–Crippen LogP) is 3.08. The smallest absolute Gasteiger partial charge is 0.303 e. The van der Waals surface area contributed by atoms with E-state index in [-0.39, 0.29) is 22.4 Å². The van der Waals surface area contributed by atoms with Crippen molar-refractivity contribution in [2.24, 2.45) is 5.41 Å². The summed E-state index contributed by atoms with van der Waals surface area (Å²) in [5.74, 6) is -0.938. The Balaban J connectivity index is 2.09. The Labute approximate surface area is 113 Å². The lowest BCUT2D eigenvalue weighted by molar-refractivity contribution is -0.387. The summed E-state index contributed by atoms with van der Waals surface area (Å²) in [4.78, 5) is 21.2. The van der Waals surface area contributed by atoms with Gasteiger partial charge in [-0.2, -0.15) is 0 Å². The van der Waals surface area contributed by atoms with Crippen LogP contribution in [0.3, 0.4) is 0 Å². The standard InChI is InChI=1S/C12H12FNO4S/c13-8-1-2-9(14(17)18)10(5-8)19-7-12(3-4-12)6-11(15)16/h1-2,5H,3-4,6-7H2,(H,15,16). The maximum Gasteiger partial charge on any atom is 0.303 e. The average Bonchev–Trinajstić information content (AvgIpc) is 3.05. The second-order valence-electron chi connectivity index (χ2n) is 4.73. The van der Waals surface area contributed by atoms with E-state index in [1.54, 1.807) is 0 Å². The molecule has 2 rings (SSSR count). The molecule has 1 fully saturated rings. The fourth-order valence-corrected chi connectivity index (χ4v) is 3.19. The van der Waals surface area contributed by atoms with Crippen molar-refractivity contribution < 1.29 is 19.2 Å². The summed E-state index contributed by atoms with van der Waals surface area (Å²) in [7, 11) is 0. The molecule has 1 aromatic carbocycles. The van der Waals surface area contributed by atoms with E-state index in [0.717, 1.165) is 42.8 Å². The van der Waals surface area contributed by atoms with Crippen LogP contribution in [0.15, 0.2) is 23.1 Å². The fourth-order valence-electron chi connectivity index (χ4n) is 1.85. The number of rotatable bonds is 6. The Morgan fingerprint density at radius 1 is 1.53 bits per heavy atom. The maximum absolute atomic E-state index is 13.1. The molecule has 0 spiro atoms. The number of hydrogen-bond acceptors (Lipinski definition) is 4. The number of aliphatic carboxylic acids is 1. The molecule has 0 amide bonds. The van der Waals surface area contributed by atoms with Gasteiger partial charge in [0.15, 0.2) is 0 Å². The average molecular weight is 285 g/mol. The normalized spacial score (nSPS) is 16.1. The molecule has 1 aliphatic rings. The van der Waals surface area contributed by atoms with Crippen molar-refractivity contribution in [1.82, 2.24) is 0 Å². The molecule has 0 heterocycles. The van der Waals surface area contributed by atoms with E-state index in [0.29, 0.717) is 5.75 Å². The van der Waals surface area contributed by atoms with Gasteiger partial charge in [0.2, 0.25) is 0 Å². The summed E-state index contributed by atoms with van der Waals surface area (Å²) >= 11 is 1.16. The van der Waals surface area contributed by atoms with Crippen LogP contribution in [-0.2, 0) is 4.79 Å². The number of hydrogen-bond donors (Lipinski definition) is 1. The van der Waals surface area contributed by atoms with Crippen molar-refractivity contribution in [3.8, 4) is 0 Å². The number of carbonyl (C=O) groups is 1. The van der Waals surface area contributed by atoms with Crippen LogP contribution in [0.1, 0.15) is 19.3 Å². The molecule has 0 atom stereocenters. The first-order valence-electron chi connectivity index (χ1n) is 5.70. The highest BCUT2D eigenvalue weighted by Gasteiger charge is 2.44. The molecule has 0 aromatic heterocycles. The minimum atomic E-state index is -0.869. The lowest BCUT2D eigenvalue weighted by Gasteiger charge is -2.11. The zero-order valence-electron chi connectivity index (χ0n) is 9.97. The molecule has 1 saturated carbocycles. The van der Waals surface area contributed by atoms with Crippen LogP contribution in [0.2, 0.25) is 0 Å². The Morgan fingerprint density at radius 3 is 2.74 bits per heavy atom. The first-order chi connectivity index (χ1) is 8.92. The van der Waals surface area contributed by atoms with E-state index in [9.17, 15) is 19.3 Å². The molecule has 19 heavy (non-hydrogen) atoms. The van der Waals surface area contributed by atoms with E-state index in [4.69, 9.17) is 5.11 Å². The van der Waals surface area contributed by atoms with Crippen LogP contribution in [0.5, 0.6) is 0 Å². The Bertz CT molecular complexity index is 530. The number of carboxylic acid groups (broad SMARTS) is 1. The third-order valence-corrected chi connectivity index (χ3v) is 4.53. The van der Waals surface area contributed by atoms with Gasteiger partial charge in [-0.25, -0.2) is 4.39 Å². The van der Waals surface area contributed by atoms with Crippen LogP contribution in [0.4, 0.5) is 10.1 Å². The highest BCUT2D eigenvalue weighted by Crippen LogP contribution is 2.52. The summed E-state index contributed by atoms with van der Waals surface area (Å²) in [5.41, 5.74) is -0.422. The van der Waals surface area contributed by atoms with Gasteiger partial charge in [0.25, 0.3) is 5.69 Å². The van der Waals surface area contributed by atoms with Crippen LogP contribution in [-0.4, -0.2) is 21.8 Å². The predicted molar refractivity (Wildman–Crippen MR) is 67.7 cm³/mol. The maximum atomic E-state index is 13.1. The van der Waals surface area contributed by atoms with Gasteiger partial charge in [-0.15, -0.1) is 11.8 Å². The molecule has 1 N–H and O–H groups in total. The fraction of sp³-hybridized carbons (Fsp3) is 0.417. The molecule has 0 aliphatic heterocycles. The minimum Gasteiger partial charge on any atom is -0.481 e. The van der Waals surface area contributed by atoms with E-state index in [1.165, 1.54) is 0 Å². The zero-order valence-corrected chi connectivity index (χ0v) is 10.8. The Hall–Kier alpha value is -1.63. The van der Waals surface area contributed by atoms with Crippen molar-refractivity contribution in [3.05, 3.63) is 34.1 Å². The first-order valence-corrected chi connectivity index (χ1v) is 6.69. The third-order valence-electron chi connectivity index (χ3n) is 3.14. The Morgan fingerprint density at radius 2 is 2.21 bits per heavy atom. The van der Waals surface area contributed by atoms with Gasteiger partial charge < -0.3 is 5.11 Å². The van der Waals surface area contributed by atoms with E-state index in [1.807, 2.05) is 0 Å². The monoisotopic (exact) mass is 285 g/mol. The third kappa shape index (κ3) is 3.44. The summed E-state index contributed by atoms with van der Waals surface area (Å²) in [6, 6.07) is 3.31. The van der Waals surface area contributed by atoms with E-state index < -0.39 is 16.7 Å². The largest absolute Gasteiger partial charge is 0.481 e. The van der Waals surface area contributed by atoms with E-state index in [2.05, 4.69) is 0 Å². The van der Waals surface area contributed by atoms with E-state index >= 15 is 0 Å². The quantitative estimate of drug-likeness (QED) is 0.493. The van der Waals surface area contributed by atoms with Crippen molar-refractivity contribution in [2.45, 2.75) is 24.2 Å². The Kier molecular flexibility index (Phi) is 3.75. The highest BCUT2D eigenvalue weighted by molar-refractivity contribution is 7.99. The molecule has 0 saturated heterocycles. The topological polar surface area (TPSA) is 80.4 Å². The minimum absolute atomic E-state index is 0.0586. The second-order valence-corrected chi connectivity index (χ2v) is 5.75. The van der Waals surface area contributed by atoms with Crippen molar-refractivity contribution in [2.75, 3.05) is 5.75 Å². The SMILES string of the molecule is O=C(O)CC1(CSc2cc(F)ccc2[N+](=O)[O-])CC1. The first kappa shape index (κ1) is 13.8. The molecule has 1 aromatic rings. The van der Waals surface area contributed by atoms with Gasteiger partial charge in [-0.3, -0.25) is 14.9 Å². The zero-order chi connectivity index (χ0) is 14.0. The molecular formula is C12H12FNO4S. The molecule has 1 aliphatic carbocycles. The van der Waals surface area contributed by atoms with Gasteiger partial charge in [-0.1, -0.05) is 0 Å². The summed E-state index contributed by atoms with van der Waals surface area (Å²) in [6.45, 7) is 0. The van der Waals surface area contributed by atoms with Gasteiger partial charge in [0.1, 0.15) is 5.82 Å². The lowest BCUT2D eigenvalue weighted by atomic mass is 10.1. The molecule has 0 bridgehead atoms. The number of nitrogens with zero attached hydrogens (tertiary/aromatic N) is 1. The van der Waals surface area contributed by atoms with Crippen molar-refractivity contribution in [3.63, 3.8) is 0 Å². The number of halogens is 1.